The lowest BCUT2D eigenvalue weighted by Gasteiger charge is -1.95. The fourth-order valence-electron chi connectivity index (χ4n) is 0.816. The predicted octanol–water partition coefficient (Wildman–Crippen LogP) is -0.626. The summed E-state index contributed by atoms with van der Waals surface area (Å²) in [5.74, 6) is 0. The molecule has 1 aromatic carbocycles. The van der Waals surface area contributed by atoms with Crippen LogP contribution >= 0.6 is 0 Å². The molecule has 2 nitrogen and oxygen atoms in total. The molecule has 0 spiro atoms. The van der Waals surface area contributed by atoms with Crippen molar-refractivity contribution in [2.45, 2.75) is 0 Å². The van der Waals surface area contributed by atoms with E-state index in [4.69, 9.17) is 11.1 Å². The van der Waals surface area contributed by atoms with E-state index in [1.165, 1.54) is 5.19 Å². The van der Waals surface area contributed by atoms with Gasteiger partial charge >= 0.3 is 0 Å². The Labute approximate surface area is 62.4 Å². The van der Waals surface area contributed by atoms with Crippen LogP contribution in [-0.2, 0) is 0 Å². The maximum absolute atomic E-state index is 7.07. The molecule has 0 saturated heterocycles. The van der Waals surface area contributed by atoms with Crippen molar-refractivity contribution >= 4 is 20.2 Å². The Balaban J connectivity index is 2.67. The minimum atomic E-state index is -0.616. The number of benzene rings is 1. The van der Waals surface area contributed by atoms with Gasteiger partial charge in [0.2, 0.25) is 0 Å². The summed E-state index contributed by atoms with van der Waals surface area (Å²) in [4.78, 5) is 0. The first-order valence-electron chi connectivity index (χ1n) is 3.16. The zero-order chi connectivity index (χ0) is 7.40. The third kappa shape index (κ3) is 2.03. The molecule has 0 aliphatic heterocycles. The van der Waals surface area contributed by atoms with Gasteiger partial charge < -0.3 is 5.73 Å². The van der Waals surface area contributed by atoms with Gasteiger partial charge in [0.05, 0.1) is 5.46 Å². The molecule has 0 amide bonds. The molecule has 52 valence electrons. The fraction of sp³-hybridized carbons (Fsp3) is 0. The highest BCUT2D eigenvalue weighted by molar-refractivity contribution is 6.84. The minimum Gasteiger partial charge on any atom is -0.392 e. The SMILES string of the molecule is N=C(N)[SiH2]c1ccccc1. The van der Waals surface area contributed by atoms with Crippen LogP contribution in [0.2, 0.25) is 0 Å². The van der Waals surface area contributed by atoms with Crippen LogP contribution in [0.3, 0.4) is 0 Å². The number of nitrogens with one attached hydrogen (secondary N) is 1. The molecule has 0 unspecified atom stereocenters. The van der Waals surface area contributed by atoms with E-state index in [-0.39, 0.29) is 0 Å². The van der Waals surface area contributed by atoms with Crippen LogP contribution in [0, 0.1) is 5.41 Å². The van der Waals surface area contributed by atoms with E-state index >= 15 is 0 Å². The highest BCUT2D eigenvalue weighted by Gasteiger charge is 1.92. The second kappa shape index (κ2) is 3.17. The van der Waals surface area contributed by atoms with Gasteiger partial charge in [-0.15, -0.1) is 0 Å². The lowest BCUT2D eigenvalue weighted by Crippen LogP contribution is -2.28. The summed E-state index contributed by atoms with van der Waals surface area (Å²) < 4.78 is 0. The van der Waals surface area contributed by atoms with Gasteiger partial charge in [0.15, 0.2) is 0 Å². The van der Waals surface area contributed by atoms with Crippen LogP contribution in [0.1, 0.15) is 0 Å². The first-order valence-corrected chi connectivity index (χ1v) is 4.57. The zero-order valence-corrected chi connectivity index (χ0v) is 7.09. The van der Waals surface area contributed by atoms with Crippen LogP contribution in [0.4, 0.5) is 0 Å². The van der Waals surface area contributed by atoms with Gasteiger partial charge in [-0.05, 0) is 0 Å². The Morgan fingerprint density at radius 1 is 1.30 bits per heavy atom. The van der Waals surface area contributed by atoms with E-state index in [1.807, 2.05) is 30.3 Å². The van der Waals surface area contributed by atoms with Crippen molar-refractivity contribution in [3.8, 4) is 0 Å². The Kier molecular flexibility index (Phi) is 2.23. The molecule has 0 atom stereocenters. The van der Waals surface area contributed by atoms with Crippen molar-refractivity contribution in [1.29, 1.82) is 5.41 Å². The van der Waals surface area contributed by atoms with Gasteiger partial charge in [-0.3, -0.25) is 5.41 Å². The van der Waals surface area contributed by atoms with Gasteiger partial charge in [-0.1, -0.05) is 35.5 Å². The van der Waals surface area contributed by atoms with E-state index in [0.717, 1.165) is 0 Å². The second-order valence-electron chi connectivity index (χ2n) is 2.19. The number of nitrogens with two attached hydrogens (primary N) is 1. The van der Waals surface area contributed by atoms with Crippen molar-refractivity contribution in [3.05, 3.63) is 30.3 Å². The van der Waals surface area contributed by atoms with Crippen LogP contribution < -0.4 is 10.9 Å². The van der Waals surface area contributed by atoms with Gasteiger partial charge in [-0.2, -0.15) is 0 Å². The number of hydrogen-bond donors (Lipinski definition) is 2. The molecule has 0 aliphatic carbocycles. The van der Waals surface area contributed by atoms with Gasteiger partial charge in [0, 0.05) is 0 Å². The molecule has 10 heavy (non-hydrogen) atoms. The third-order valence-corrected chi connectivity index (χ3v) is 2.50. The smallest absolute Gasteiger partial charge is 0.130 e. The largest absolute Gasteiger partial charge is 0.392 e. The standard InChI is InChI=1S/C7H10N2Si/c8-7(9)10-6-4-2-1-3-5-6/h1-5H,10H2,(H3,8,9). The molecule has 0 fully saturated rings. The Morgan fingerprint density at radius 2 is 1.90 bits per heavy atom. The van der Waals surface area contributed by atoms with Crippen LogP contribution in [0.5, 0.6) is 0 Å². The Morgan fingerprint density at radius 3 is 2.40 bits per heavy atom. The summed E-state index contributed by atoms with van der Waals surface area (Å²) in [6.07, 6.45) is 0. The highest BCUT2D eigenvalue weighted by Crippen LogP contribution is 1.79. The average molecular weight is 150 g/mol. The highest BCUT2D eigenvalue weighted by atomic mass is 28.2. The van der Waals surface area contributed by atoms with Crippen molar-refractivity contribution in [2.24, 2.45) is 5.73 Å². The quantitative estimate of drug-likeness (QED) is 0.329. The molecule has 1 aromatic rings. The second-order valence-corrected chi connectivity index (χ2v) is 4.12. The molecule has 3 N–H and O–H groups in total. The lowest BCUT2D eigenvalue weighted by molar-refractivity contribution is 1.50. The first-order chi connectivity index (χ1) is 4.79. The lowest BCUT2D eigenvalue weighted by atomic mass is 10.4. The molecule has 1 rings (SSSR count). The number of rotatable bonds is 2. The van der Waals surface area contributed by atoms with Crippen molar-refractivity contribution < 1.29 is 0 Å². The fourth-order valence-corrected chi connectivity index (χ4v) is 1.76. The normalized spacial score (nSPS) is 10.4. The molecule has 0 bridgehead atoms. The molecule has 0 aliphatic rings. The summed E-state index contributed by atoms with van der Waals surface area (Å²) in [6, 6.07) is 9.97. The van der Waals surface area contributed by atoms with Crippen LogP contribution in [-0.4, -0.2) is 15.0 Å². The van der Waals surface area contributed by atoms with E-state index < -0.39 is 9.52 Å². The topological polar surface area (TPSA) is 49.9 Å². The van der Waals surface area contributed by atoms with Crippen molar-refractivity contribution in [1.82, 2.24) is 0 Å². The Bertz CT molecular complexity index is 220. The molecular formula is C7H10N2Si. The summed E-state index contributed by atoms with van der Waals surface area (Å²) in [6.45, 7) is 0. The van der Waals surface area contributed by atoms with Gasteiger partial charge in [-0.25, -0.2) is 0 Å². The van der Waals surface area contributed by atoms with Gasteiger partial charge in [0.1, 0.15) is 9.52 Å². The maximum atomic E-state index is 7.07. The molecular weight excluding hydrogens is 140 g/mol. The summed E-state index contributed by atoms with van der Waals surface area (Å²) in [5, 5.41) is 8.30. The average Bonchev–Trinajstić information content (AvgIpc) is 1.88. The zero-order valence-electron chi connectivity index (χ0n) is 5.67. The molecule has 3 heteroatoms. The van der Waals surface area contributed by atoms with Gasteiger partial charge in [0.25, 0.3) is 0 Å². The monoisotopic (exact) mass is 150 g/mol. The summed E-state index contributed by atoms with van der Waals surface area (Å²) in [5.41, 5.74) is 5.62. The third-order valence-electron chi connectivity index (χ3n) is 1.24. The van der Waals surface area contributed by atoms with Crippen molar-refractivity contribution in [2.75, 3.05) is 0 Å². The van der Waals surface area contributed by atoms with E-state index in [9.17, 15) is 0 Å². The van der Waals surface area contributed by atoms with Crippen LogP contribution in [0.25, 0.3) is 0 Å². The number of hydrogen-bond acceptors (Lipinski definition) is 1. The first kappa shape index (κ1) is 7.02. The van der Waals surface area contributed by atoms with E-state index in [0.29, 0.717) is 5.46 Å². The Hall–Kier alpha value is -1.09. The maximum Gasteiger partial charge on any atom is 0.130 e. The molecule has 0 heterocycles. The molecule has 0 radical (unpaired) electrons. The van der Waals surface area contributed by atoms with Crippen molar-refractivity contribution in [3.63, 3.8) is 0 Å². The molecule has 0 saturated carbocycles. The number of amidine groups is 1. The van der Waals surface area contributed by atoms with Crippen LogP contribution in [0.15, 0.2) is 30.3 Å². The minimum absolute atomic E-state index is 0.353. The summed E-state index contributed by atoms with van der Waals surface area (Å²) in [7, 11) is -0.616. The van der Waals surface area contributed by atoms with E-state index in [2.05, 4.69) is 0 Å². The van der Waals surface area contributed by atoms with E-state index in [1.54, 1.807) is 0 Å². The molecule has 0 aromatic heterocycles. The summed E-state index contributed by atoms with van der Waals surface area (Å²) >= 11 is 0. The predicted molar refractivity (Wildman–Crippen MR) is 46.5 cm³/mol.